The van der Waals surface area contributed by atoms with Crippen LogP contribution in [0.15, 0.2) is 49.1 Å². The van der Waals surface area contributed by atoms with Crippen LogP contribution in [0.2, 0.25) is 0 Å². The summed E-state index contributed by atoms with van der Waals surface area (Å²) in [6.07, 6.45) is 19.0. The highest BCUT2D eigenvalue weighted by molar-refractivity contribution is 5.29. The van der Waals surface area contributed by atoms with Crippen LogP contribution in [-0.2, 0) is 0 Å². The fourth-order valence-corrected chi connectivity index (χ4v) is 4.59. The molecule has 0 amide bonds. The Hall–Kier alpha value is -1.50. The highest BCUT2D eigenvalue weighted by Crippen LogP contribution is 2.37. The van der Waals surface area contributed by atoms with Crippen LogP contribution in [-0.4, -0.2) is 6.61 Å². The molecule has 1 nitrogen and oxygen atoms in total. The number of hydrogen-bond acceptors (Lipinski definition) is 1. The van der Waals surface area contributed by atoms with Gasteiger partial charge in [-0.2, -0.15) is 0 Å². The first-order valence-corrected chi connectivity index (χ1v) is 10.8. The predicted molar refractivity (Wildman–Crippen MR) is 112 cm³/mol. The molecule has 0 spiro atoms. The third-order valence-electron chi connectivity index (χ3n) is 6.40. The van der Waals surface area contributed by atoms with Gasteiger partial charge in [0.25, 0.3) is 0 Å². The van der Waals surface area contributed by atoms with Crippen molar-refractivity contribution in [1.82, 2.24) is 0 Å². The molecule has 0 saturated heterocycles. The maximum Gasteiger partial charge on any atom is 0.119 e. The molecular weight excluding hydrogens is 316 g/mol. The van der Waals surface area contributed by atoms with Crippen molar-refractivity contribution in [3.63, 3.8) is 0 Å². The normalized spacial score (nSPS) is 29.6. The van der Waals surface area contributed by atoms with Gasteiger partial charge in [-0.25, -0.2) is 0 Å². The lowest BCUT2D eigenvalue weighted by Crippen LogP contribution is -2.13. The molecule has 0 aromatic heterocycles. The first kappa shape index (κ1) is 19.3. The summed E-state index contributed by atoms with van der Waals surface area (Å²) in [6.45, 7) is 6.91. The maximum absolute atomic E-state index is 5.70. The zero-order valence-electron chi connectivity index (χ0n) is 16.5. The summed E-state index contributed by atoms with van der Waals surface area (Å²) in [6, 6.07) is 8.86. The number of allylic oxidation sites excluding steroid dienone is 3. The molecule has 3 rings (SSSR count). The molecule has 0 unspecified atom stereocenters. The Kier molecular flexibility index (Phi) is 7.41. The number of hydrogen-bond donors (Lipinski definition) is 0. The van der Waals surface area contributed by atoms with Crippen LogP contribution in [0.1, 0.15) is 76.2 Å². The average molecular weight is 353 g/mol. The number of ether oxygens (including phenoxy) is 1. The summed E-state index contributed by atoms with van der Waals surface area (Å²) in [5.74, 6) is 4.14. The highest BCUT2D eigenvalue weighted by atomic mass is 16.5. The van der Waals surface area contributed by atoms with Crippen molar-refractivity contribution < 1.29 is 4.74 Å². The fourth-order valence-electron chi connectivity index (χ4n) is 4.59. The van der Waals surface area contributed by atoms with E-state index in [1.165, 1.54) is 56.9 Å². The quantitative estimate of drug-likeness (QED) is 0.468. The molecule has 0 heterocycles. The van der Waals surface area contributed by atoms with Crippen LogP contribution in [0, 0.1) is 17.8 Å². The Balaban J connectivity index is 1.42. The molecule has 0 bridgehead atoms. The number of rotatable bonds is 7. The van der Waals surface area contributed by atoms with Gasteiger partial charge in [-0.3, -0.25) is 0 Å². The Bertz CT molecular complexity index is 554. The lowest BCUT2D eigenvalue weighted by Gasteiger charge is -2.28. The molecule has 2 aliphatic carbocycles. The summed E-state index contributed by atoms with van der Waals surface area (Å²) < 4.78 is 5.70. The van der Waals surface area contributed by atoms with E-state index in [1.54, 1.807) is 0 Å². The van der Waals surface area contributed by atoms with Crippen molar-refractivity contribution in [1.29, 1.82) is 0 Å². The minimum Gasteiger partial charge on any atom is -0.494 e. The molecule has 0 N–H and O–H groups in total. The van der Waals surface area contributed by atoms with Crippen LogP contribution in [0.3, 0.4) is 0 Å². The zero-order chi connectivity index (χ0) is 18.2. The second kappa shape index (κ2) is 10.00. The Morgan fingerprint density at radius 1 is 0.846 bits per heavy atom. The standard InChI is InChI=1S/C25H36O/c1-3-19-26-25-17-15-24(16-18-25)23-13-11-22(12-14-23)10-9-21-7-5-20(4-2)6-8-21/h4,9-10,15-18,20-23H,2-3,5-8,11-14,19H2,1H3/b10-9+. The van der Waals surface area contributed by atoms with Gasteiger partial charge in [0.05, 0.1) is 6.61 Å². The van der Waals surface area contributed by atoms with Crippen LogP contribution in [0.5, 0.6) is 5.75 Å². The van der Waals surface area contributed by atoms with Gasteiger partial charge in [-0.15, -0.1) is 6.58 Å². The first-order valence-electron chi connectivity index (χ1n) is 10.8. The summed E-state index contributed by atoms with van der Waals surface area (Å²) in [4.78, 5) is 0. The molecule has 142 valence electrons. The van der Waals surface area contributed by atoms with E-state index >= 15 is 0 Å². The summed E-state index contributed by atoms with van der Waals surface area (Å²) in [5, 5.41) is 0. The van der Waals surface area contributed by atoms with Gasteiger partial charge >= 0.3 is 0 Å². The lowest BCUT2D eigenvalue weighted by molar-refractivity contribution is 0.317. The van der Waals surface area contributed by atoms with Crippen molar-refractivity contribution in [3.8, 4) is 5.75 Å². The third-order valence-corrected chi connectivity index (χ3v) is 6.40. The van der Waals surface area contributed by atoms with Gasteiger partial charge in [0.1, 0.15) is 5.75 Å². The van der Waals surface area contributed by atoms with Gasteiger partial charge in [0.15, 0.2) is 0 Å². The molecule has 0 atom stereocenters. The SMILES string of the molecule is C=CC1CCC(/C=C/C2CCC(c3ccc(OCCC)cc3)CC2)CC1. The van der Waals surface area contributed by atoms with Crippen molar-refractivity contribution in [3.05, 3.63) is 54.6 Å². The van der Waals surface area contributed by atoms with Crippen molar-refractivity contribution in [2.24, 2.45) is 17.8 Å². The Labute approximate surface area is 160 Å². The minimum absolute atomic E-state index is 0.739. The van der Waals surface area contributed by atoms with Crippen LogP contribution in [0.4, 0.5) is 0 Å². The molecule has 2 aliphatic rings. The van der Waals surface area contributed by atoms with Gasteiger partial charge in [0, 0.05) is 0 Å². The molecule has 1 aromatic rings. The summed E-state index contributed by atoms with van der Waals surface area (Å²) >= 11 is 0. The van der Waals surface area contributed by atoms with E-state index in [9.17, 15) is 0 Å². The Morgan fingerprint density at radius 3 is 1.92 bits per heavy atom. The van der Waals surface area contributed by atoms with E-state index in [2.05, 4.69) is 56.0 Å². The largest absolute Gasteiger partial charge is 0.494 e. The maximum atomic E-state index is 5.70. The lowest BCUT2D eigenvalue weighted by atomic mass is 9.77. The van der Waals surface area contributed by atoms with Gasteiger partial charge < -0.3 is 4.74 Å². The summed E-state index contributed by atoms with van der Waals surface area (Å²) in [7, 11) is 0. The van der Waals surface area contributed by atoms with Crippen LogP contribution < -0.4 is 4.74 Å². The Morgan fingerprint density at radius 2 is 1.38 bits per heavy atom. The van der Waals surface area contributed by atoms with E-state index in [-0.39, 0.29) is 0 Å². The van der Waals surface area contributed by atoms with E-state index in [0.29, 0.717) is 0 Å². The second-order valence-corrected chi connectivity index (χ2v) is 8.32. The molecule has 1 aromatic carbocycles. The van der Waals surface area contributed by atoms with Crippen LogP contribution >= 0.6 is 0 Å². The topological polar surface area (TPSA) is 9.23 Å². The fraction of sp³-hybridized carbons (Fsp3) is 0.600. The van der Waals surface area contributed by atoms with Gasteiger partial charge in [-0.1, -0.05) is 37.3 Å². The van der Waals surface area contributed by atoms with E-state index in [0.717, 1.165) is 42.4 Å². The summed E-state index contributed by atoms with van der Waals surface area (Å²) in [5.41, 5.74) is 1.50. The smallest absolute Gasteiger partial charge is 0.119 e. The van der Waals surface area contributed by atoms with Crippen LogP contribution in [0.25, 0.3) is 0 Å². The molecule has 1 heteroatoms. The predicted octanol–water partition coefficient (Wildman–Crippen LogP) is 7.30. The number of benzene rings is 1. The van der Waals surface area contributed by atoms with Gasteiger partial charge in [0.2, 0.25) is 0 Å². The monoisotopic (exact) mass is 352 g/mol. The van der Waals surface area contributed by atoms with E-state index in [4.69, 9.17) is 4.74 Å². The second-order valence-electron chi connectivity index (χ2n) is 8.32. The molecule has 0 aliphatic heterocycles. The van der Waals surface area contributed by atoms with E-state index in [1.807, 2.05) is 0 Å². The van der Waals surface area contributed by atoms with Crippen molar-refractivity contribution >= 4 is 0 Å². The highest BCUT2D eigenvalue weighted by Gasteiger charge is 2.22. The molecule has 0 radical (unpaired) electrons. The third kappa shape index (κ3) is 5.50. The minimum atomic E-state index is 0.739. The van der Waals surface area contributed by atoms with Crippen molar-refractivity contribution in [2.45, 2.75) is 70.6 Å². The molecule has 26 heavy (non-hydrogen) atoms. The molecule has 2 saturated carbocycles. The van der Waals surface area contributed by atoms with Crippen molar-refractivity contribution in [2.75, 3.05) is 6.61 Å². The van der Waals surface area contributed by atoms with E-state index < -0.39 is 0 Å². The van der Waals surface area contributed by atoms with Gasteiger partial charge in [-0.05, 0) is 99.2 Å². The average Bonchev–Trinajstić information content (AvgIpc) is 2.72. The first-order chi connectivity index (χ1) is 12.8. The molecular formula is C25H36O. The zero-order valence-corrected chi connectivity index (χ0v) is 16.5. The molecule has 2 fully saturated rings.